The second-order valence-electron chi connectivity index (χ2n) is 4.11. The third kappa shape index (κ3) is 4.45. The molecule has 0 atom stereocenters. The van der Waals surface area contributed by atoms with Crippen molar-refractivity contribution in [3.8, 4) is 0 Å². The first-order valence-corrected chi connectivity index (χ1v) is 7.66. The van der Waals surface area contributed by atoms with Gasteiger partial charge in [0.15, 0.2) is 0 Å². The third-order valence-corrected chi connectivity index (χ3v) is 4.36. The number of nitrogen functional groups attached to an aromatic ring is 1. The van der Waals surface area contributed by atoms with Gasteiger partial charge in [-0.05, 0) is 31.3 Å². The van der Waals surface area contributed by atoms with Crippen LogP contribution in [0.5, 0.6) is 0 Å². The van der Waals surface area contributed by atoms with Crippen LogP contribution >= 0.6 is 0 Å². The molecule has 1 aromatic rings. The molecule has 1 aromatic carbocycles. The highest BCUT2D eigenvalue weighted by Crippen LogP contribution is 2.15. The minimum Gasteiger partial charge on any atom is -0.396 e. The number of nitrogens with one attached hydrogen (secondary N) is 1. The van der Waals surface area contributed by atoms with Crippen molar-refractivity contribution in [1.29, 1.82) is 0 Å². The van der Waals surface area contributed by atoms with E-state index in [0.29, 0.717) is 6.54 Å². The van der Waals surface area contributed by atoms with Gasteiger partial charge in [-0.3, -0.25) is 0 Å². The highest BCUT2D eigenvalue weighted by molar-refractivity contribution is 7.89. The lowest BCUT2D eigenvalue weighted by Gasteiger charge is -2.18. The Morgan fingerprint density at radius 3 is 2.47 bits per heavy atom. The van der Waals surface area contributed by atoms with Crippen molar-refractivity contribution in [2.24, 2.45) is 0 Å². The number of likely N-dealkylation sites (N-methyl/N-ethyl adjacent to an activating group) is 1. The summed E-state index contributed by atoms with van der Waals surface area (Å²) in [6, 6.07) is 3.46. The topological polar surface area (TPSA) is 75.4 Å². The van der Waals surface area contributed by atoms with Crippen molar-refractivity contribution < 1.29 is 12.8 Å². The summed E-state index contributed by atoms with van der Waals surface area (Å²) in [5.74, 6) is -0.730. The molecule has 0 aliphatic carbocycles. The van der Waals surface area contributed by atoms with Gasteiger partial charge in [0.25, 0.3) is 0 Å². The van der Waals surface area contributed by atoms with Crippen LogP contribution in [0.1, 0.15) is 13.8 Å². The molecular formula is C12H20FN3O2S. The van der Waals surface area contributed by atoms with Crippen LogP contribution in [0.4, 0.5) is 10.1 Å². The number of anilines is 1. The van der Waals surface area contributed by atoms with Gasteiger partial charge in [0, 0.05) is 13.1 Å². The van der Waals surface area contributed by atoms with E-state index < -0.39 is 15.8 Å². The fourth-order valence-electron chi connectivity index (χ4n) is 1.64. The predicted octanol–water partition coefficient (Wildman–Crippen LogP) is 1.03. The summed E-state index contributed by atoms with van der Waals surface area (Å²) in [7, 11) is -3.68. The van der Waals surface area contributed by atoms with Crippen LogP contribution in [0.3, 0.4) is 0 Å². The second kappa shape index (κ2) is 6.83. The van der Waals surface area contributed by atoms with Crippen LogP contribution in [0, 0.1) is 5.82 Å². The first-order chi connectivity index (χ1) is 8.90. The summed E-state index contributed by atoms with van der Waals surface area (Å²) in [5, 5.41) is 0. The number of benzene rings is 1. The quantitative estimate of drug-likeness (QED) is 0.735. The van der Waals surface area contributed by atoms with Gasteiger partial charge in [0.2, 0.25) is 10.0 Å². The van der Waals surface area contributed by atoms with Gasteiger partial charge in [-0.2, -0.15) is 0 Å². The van der Waals surface area contributed by atoms with E-state index in [4.69, 9.17) is 5.73 Å². The predicted molar refractivity (Wildman–Crippen MR) is 73.8 cm³/mol. The first kappa shape index (κ1) is 15.9. The van der Waals surface area contributed by atoms with Crippen LogP contribution in [-0.4, -0.2) is 39.5 Å². The van der Waals surface area contributed by atoms with E-state index in [1.165, 1.54) is 12.1 Å². The number of nitrogens with two attached hydrogens (primary N) is 1. The SMILES string of the molecule is CCN(CC)CCNS(=O)(=O)c1ccc(N)c(F)c1. The molecular weight excluding hydrogens is 269 g/mol. The van der Waals surface area contributed by atoms with E-state index >= 15 is 0 Å². The Hall–Kier alpha value is -1.18. The average Bonchev–Trinajstić information content (AvgIpc) is 2.37. The number of hydrogen-bond acceptors (Lipinski definition) is 4. The molecule has 0 radical (unpaired) electrons. The van der Waals surface area contributed by atoms with Crippen LogP contribution < -0.4 is 10.5 Å². The van der Waals surface area contributed by atoms with Crippen LogP contribution in [-0.2, 0) is 10.0 Å². The summed E-state index contributed by atoms with van der Waals surface area (Å²) >= 11 is 0. The zero-order chi connectivity index (χ0) is 14.5. The molecule has 0 saturated heterocycles. The maximum atomic E-state index is 13.2. The molecule has 3 N–H and O–H groups in total. The Morgan fingerprint density at radius 1 is 1.32 bits per heavy atom. The van der Waals surface area contributed by atoms with E-state index in [1.807, 2.05) is 13.8 Å². The maximum absolute atomic E-state index is 13.2. The Kier molecular flexibility index (Phi) is 5.71. The summed E-state index contributed by atoms with van der Waals surface area (Å²) in [6.07, 6.45) is 0. The Morgan fingerprint density at radius 2 is 1.95 bits per heavy atom. The lowest BCUT2D eigenvalue weighted by molar-refractivity contribution is 0.309. The molecule has 0 saturated carbocycles. The monoisotopic (exact) mass is 289 g/mol. The Labute approximate surface area is 113 Å². The fourth-order valence-corrected chi connectivity index (χ4v) is 2.67. The summed E-state index contributed by atoms with van der Waals surface area (Å²) in [6.45, 7) is 6.63. The van der Waals surface area contributed by atoms with Gasteiger partial charge in [-0.1, -0.05) is 13.8 Å². The number of hydrogen-bond donors (Lipinski definition) is 2. The van der Waals surface area contributed by atoms with E-state index in [-0.39, 0.29) is 17.1 Å². The molecule has 0 aromatic heterocycles. The van der Waals surface area contributed by atoms with Gasteiger partial charge in [-0.15, -0.1) is 0 Å². The Bertz CT molecular complexity index is 516. The van der Waals surface area contributed by atoms with Crippen LogP contribution in [0.25, 0.3) is 0 Å². The molecule has 0 unspecified atom stereocenters. The summed E-state index contributed by atoms with van der Waals surface area (Å²) in [4.78, 5) is 1.98. The molecule has 0 amide bonds. The number of sulfonamides is 1. The minimum atomic E-state index is -3.68. The first-order valence-electron chi connectivity index (χ1n) is 6.17. The lowest BCUT2D eigenvalue weighted by Crippen LogP contribution is -2.34. The van der Waals surface area contributed by atoms with Crippen molar-refractivity contribution in [2.75, 3.05) is 31.9 Å². The minimum absolute atomic E-state index is 0.0675. The molecule has 0 fully saturated rings. The summed E-state index contributed by atoms with van der Waals surface area (Å²) < 4.78 is 39.5. The van der Waals surface area contributed by atoms with Gasteiger partial charge < -0.3 is 10.6 Å². The molecule has 7 heteroatoms. The Balaban J connectivity index is 2.68. The van der Waals surface area contributed by atoms with Crippen molar-refractivity contribution in [2.45, 2.75) is 18.7 Å². The standard InChI is InChI=1S/C12H20FN3O2S/c1-3-16(4-2)8-7-15-19(17,18)10-5-6-12(14)11(13)9-10/h5-6,9,15H,3-4,7-8,14H2,1-2H3. The molecule has 1 rings (SSSR count). The van der Waals surface area contributed by atoms with Gasteiger partial charge in [0.1, 0.15) is 5.82 Å². The highest BCUT2D eigenvalue weighted by Gasteiger charge is 2.15. The number of rotatable bonds is 7. The summed E-state index contributed by atoms with van der Waals surface area (Å²) in [5.41, 5.74) is 5.24. The van der Waals surface area contributed by atoms with E-state index in [1.54, 1.807) is 0 Å². The van der Waals surface area contributed by atoms with Gasteiger partial charge in [-0.25, -0.2) is 17.5 Å². The highest BCUT2D eigenvalue weighted by atomic mass is 32.2. The van der Waals surface area contributed by atoms with Gasteiger partial charge >= 0.3 is 0 Å². The normalized spacial score (nSPS) is 12.0. The molecule has 0 heterocycles. The second-order valence-corrected chi connectivity index (χ2v) is 5.87. The van der Waals surface area contributed by atoms with E-state index in [9.17, 15) is 12.8 Å². The van der Waals surface area contributed by atoms with Crippen molar-refractivity contribution in [3.05, 3.63) is 24.0 Å². The van der Waals surface area contributed by atoms with Crippen molar-refractivity contribution in [1.82, 2.24) is 9.62 Å². The van der Waals surface area contributed by atoms with E-state index in [0.717, 1.165) is 19.2 Å². The smallest absolute Gasteiger partial charge is 0.240 e. The van der Waals surface area contributed by atoms with Gasteiger partial charge in [0.05, 0.1) is 10.6 Å². The van der Waals surface area contributed by atoms with Crippen LogP contribution in [0.2, 0.25) is 0 Å². The van der Waals surface area contributed by atoms with Crippen LogP contribution in [0.15, 0.2) is 23.1 Å². The molecule has 0 spiro atoms. The zero-order valence-electron chi connectivity index (χ0n) is 11.2. The average molecular weight is 289 g/mol. The van der Waals surface area contributed by atoms with E-state index in [2.05, 4.69) is 9.62 Å². The molecule has 0 aliphatic rings. The molecule has 19 heavy (non-hydrogen) atoms. The van der Waals surface area contributed by atoms with Crippen molar-refractivity contribution >= 4 is 15.7 Å². The largest absolute Gasteiger partial charge is 0.396 e. The molecule has 0 bridgehead atoms. The molecule has 108 valence electrons. The lowest BCUT2D eigenvalue weighted by atomic mass is 10.3. The fraction of sp³-hybridized carbons (Fsp3) is 0.500. The number of halogens is 1. The molecule has 5 nitrogen and oxygen atoms in total. The number of nitrogens with zero attached hydrogens (tertiary/aromatic N) is 1. The third-order valence-electron chi connectivity index (χ3n) is 2.90. The zero-order valence-corrected chi connectivity index (χ0v) is 12.0. The molecule has 0 aliphatic heterocycles. The van der Waals surface area contributed by atoms with Crippen molar-refractivity contribution in [3.63, 3.8) is 0 Å². The maximum Gasteiger partial charge on any atom is 0.240 e.